The van der Waals surface area contributed by atoms with Crippen molar-refractivity contribution in [2.24, 2.45) is 0 Å². The number of H-pyrrole nitrogens is 4. The van der Waals surface area contributed by atoms with Gasteiger partial charge in [0.05, 0.1) is 45.0 Å². The number of hydrogen-bond donors (Lipinski definition) is 5. The average molecular weight is 1010 g/mol. The van der Waals surface area contributed by atoms with Crippen LogP contribution in [0.15, 0.2) is 176 Å². The Balaban J connectivity index is 0.866. The molecule has 13 aromatic rings. The van der Waals surface area contributed by atoms with Gasteiger partial charge in [-0.25, -0.2) is 18.7 Å². The van der Waals surface area contributed by atoms with Crippen molar-refractivity contribution < 1.29 is 13.6 Å². The van der Waals surface area contributed by atoms with Gasteiger partial charge in [0, 0.05) is 74.9 Å². The molecule has 0 saturated carbocycles. The Morgan fingerprint density at radius 2 is 1.18 bits per heavy atom. The highest BCUT2D eigenvalue weighted by molar-refractivity contribution is 6.07. The first-order valence-electron chi connectivity index (χ1n) is 25.4. The molecule has 1 aliphatic rings. The van der Waals surface area contributed by atoms with Gasteiger partial charge in [0.15, 0.2) is 11.6 Å². The SMILES string of the molecule is O=C(Nc1cncc(-c2cc(-c3cc(-c4cccc5[nH]c(-c6n[nH]c7ccc(-c8cncc(CN9CCCC9)c8)cc67)nc45)ccc3F)c3[nH]nc(-c4nc5c(-c6ccc(F)cc6)cccc5[nH]4)c3c2)c1)c1ccccc1. The largest absolute Gasteiger partial charge is 0.337 e. The number of hydrogen-bond acceptors (Lipinski definition) is 8. The number of amides is 1. The van der Waals surface area contributed by atoms with E-state index in [-0.39, 0.29) is 11.7 Å². The summed E-state index contributed by atoms with van der Waals surface area (Å²) in [5.41, 5.74) is 15.1. The smallest absolute Gasteiger partial charge is 0.255 e. The van der Waals surface area contributed by atoms with Crippen molar-refractivity contribution >= 4 is 55.5 Å². The number of rotatable bonds is 11. The van der Waals surface area contributed by atoms with E-state index in [1.54, 1.807) is 54.9 Å². The van der Waals surface area contributed by atoms with E-state index in [4.69, 9.17) is 20.2 Å². The molecular formula is C62H44F2N12O. The Bertz CT molecular complexity index is 4420. The number of nitrogens with zero attached hydrogens (tertiary/aromatic N) is 7. The van der Waals surface area contributed by atoms with Crippen LogP contribution in [0, 0.1) is 11.6 Å². The van der Waals surface area contributed by atoms with Crippen LogP contribution in [0.3, 0.4) is 0 Å². The molecule has 0 radical (unpaired) electrons. The summed E-state index contributed by atoms with van der Waals surface area (Å²) in [6.07, 6.45) is 9.62. The second kappa shape index (κ2) is 18.7. The van der Waals surface area contributed by atoms with Gasteiger partial charge in [0.25, 0.3) is 5.91 Å². The van der Waals surface area contributed by atoms with Gasteiger partial charge in [0.1, 0.15) is 23.0 Å². The first kappa shape index (κ1) is 45.6. The molecule has 5 N–H and O–H groups in total. The van der Waals surface area contributed by atoms with Crippen molar-refractivity contribution in [1.29, 1.82) is 0 Å². The molecule has 13 nitrogen and oxygen atoms in total. The van der Waals surface area contributed by atoms with Gasteiger partial charge < -0.3 is 15.3 Å². The van der Waals surface area contributed by atoms with Gasteiger partial charge in [-0.3, -0.25) is 29.9 Å². The van der Waals surface area contributed by atoms with Gasteiger partial charge in [-0.2, -0.15) is 10.2 Å². The predicted molar refractivity (Wildman–Crippen MR) is 298 cm³/mol. The second-order valence-electron chi connectivity index (χ2n) is 19.5. The van der Waals surface area contributed by atoms with E-state index in [1.807, 2.05) is 85.2 Å². The lowest BCUT2D eigenvalue weighted by atomic mass is 9.93. The molecule has 14 rings (SSSR count). The lowest BCUT2D eigenvalue weighted by molar-refractivity contribution is 0.102. The molecule has 7 aromatic carbocycles. The fourth-order valence-corrected chi connectivity index (χ4v) is 10.7. The maximum Gasteiger partial charge on any atom is 0.255 e. The molecule has 1 saturated heterocycles. The number of likely N-dealkylation sites (tertiary alicyclic amines) is 1. The Morgan fingerprint density at radius 3 is 1.95 bits per heavy atom. The summed E-state index contributed by atoms with van der Waals surface area (Å²) in [6, 6.07) is 46.2. The summed E-state index contributed by atoms with van der Waals surface area (Å²) < 4.78 is 30.9. The highest BCUT2D eigenvalue weighted by atomic mass is 19.1. The molecule has 0 unspecified atom stereocenters. The molecule has 7 heterocycles. The first-order chi connectivity index (χ1) is 37.8. The van der Waals surface area contributed by atoms with E-state index in [0.717, 1.165) is 75.0 Å². The molecule has 0 spiro atoms. The van der Waals surface area contributed by atoms with Crippen molar-refractivity contribution in [3.63, 3.8) is 0 Å². The third kappa shape index (κ3) is 8.44. The molecule has 1 amide bonds. The molecule has 6 aromatic heterocycles. The van der Waals surface area contributed by atoms with E-state index in [0.29, 0.717) is 78.5 Å². The number of para-hydroxylation sites is 2. The van der Waals surface area contributed by atoms with Crippen molar-refractivity contribution in [2.45, 2.75) is 19.4 Å². The van der Waals surface area contributed by atoms with Gasteiger partial charge in [-0.05, 0) is 139 Å². The fraction of sp³-hybridized carbons (Fsp3) is 0.0806. The molecule has 0 bridgehead atoms. The van der Waals surface area contributed by atoms with Crippen molar-refractivity contribution in [3.05, 3.63) is 199 Å². The minimum absolute atomic E-state index is 0.283. The van der Waals surface area contributed by atoms with Crippen LogP contribution in [0.4, 0.5) is 14.5 Å². The summed E-state index contributed by atoms with van der Waals surface area (Å²) >= 11 is 0. The minimum Gasteiger partial charge on any atom is -0.337 e. The van der Waals surface area contributed by atoms with Crippen LogP contribution in [0.1, 0.15) is 28.8 Å². The molecular weight excluding hydrogens is 967 g/mol. The van der Waals surface area contributed by atoms with Crippen molar-refractivity contribution in [1.82, 2.24) is 55.2 Å². The molecule has 1 aliphatic heterocycles. The van der Waals surface area contributed by atoms with Crippen LogP contribution >= 0.6 is 0 Å². The lowest BCUT2D eigenvalue weighted by Crippen LogP contribution is -2.18. The van der Waals surface area contributed by atoms with E-state index in [1.165, 1.54) is 36.6 Å². The minimum atomic E-state index is -0.455. The van der Waals surface area contributed by atoms with Gasteiger partial charge in [0.2, 0.25) is 0 Å². The van der Waals surface area contributed by atoms with E-state index >= 15 is 4.39 Å². The molecule has 15 heteroatoms. The molecule has 77 heavy (non-hydrogen) atoms. The third-order valence-electron chi connectivity index (χ3n) is 14.5. The Labute approximate surface area is 438 Å². The van der Waals surface area contributed by atoms with Crippen LogP contribution < -0.4 is 5.32 Å². The molecule has 372 valence electrons. The van der Waals surface area contributed by atoms with Crippen LogP contribution in [0.25, 0.3) is 123 Å². The van der Waals surface area contributed by atoms with E-state index < -0.39 is 5.82 Å². The number of nitrogens with one attached hydrogen (secondary N) is 5. The zero-order valence-electron chi connectivity index (χ0n) is 41.1. The Morgan fingerprint density at radius 1 is 0.532 bits per heavy atom. The maximum absolute atomic E-state index is 16.8. The number of anilines is 1. The summed E-state index contributed by atoms with van der Waals surface area (Å²) in [4.78, 5) is 42.2. The fourth-order valence-electron chi connectivity index (χ4n) is 10.7. The molecule has 0 aliphatic carbocycles. The number of carbonyl (C=O) groups excluding carboxylic acids is 1. The van der Waals surface area contributed by atoms with Crippen molar-refractivity contribution in [3.8, 4) is 78.7 Å². The van der Waals surface area contributed by atoms with Crippen LogP contribution in [0.2, 0.25) is 0 Å². The number of fused-ring (bicyclic) bond motifs is 4. The summed E-state index contributed by atoms with van der Waals surface area (Å²) in [6.45, 7) is 3.11. The van der Waals surface area contributed by atoms with E-state index in [2.05, 4.69) is 58.5 Å². The number of benzene rings is 7. The van der Waals surface area contributed by atoms with Crippen LogP contribution in [-0.4, -0.2) is 74.2 Å². The standard InChI is InChI=1S/C62H44F2N12O/c63-43-18-14-36(15-19-43)45-10-6-12-53-56(45)70-61(69-53)59-50-29-40(42-25-44(33-66-32-42)67-62(77)37-8-2-1-3-9-37)28-48(55(50)73-75-59)47-27-39(16-20-51(47)64)46-11-7-13-54-57(46)71-60(68-54)58-49-26-38(17-21-52(49)72-74-58)41-24-35(30-65-31-41)34-76-22-4-5-23-76/h1-3,6-21,24-33H,4-5,22-23,34H2,(H,67,77)(H,68,71)(H,69,70)(H,72,74)(H,73,75). The zero-order chi connectivity index (χ0) is 51.6. The van der Waals surface area contributed by atoms with Gasteiger partial charge in [-0.1, -0.05) is 66.7 Å². The third-order valence-corrected chi connectivity index (χ3v) is 14.5. The first-order valence-corrected chi connectivity index (χ1v) is 25.4. The highest BCUT2D eigenvalue weighted by Gasteiger charge is 2.23. The Kier molecular flexibility index (Phi) is 11.1. The number of carbonyl (C=O) groups is 1. The monoisotopic (exact) mass is 1010 g/mol. The average Bonchev–Trinajstić information content (AvgIpc) is 4.37. The number of halogens is 2. The summed E-state index contributed by atoms with van der Waals surface area (Å²) in [7, 11) is 0. The van der Waals surface area contributed by atoms with Crippen LogP contribution in [0.5, 0.6) is 0 Å². The molecule has 1 fully saturated rings. The Hall–Kier alpha value is -9.99. The van der Waals surface area contributed by atoms with Gasteiger partial charge in [-0.15, -0.1) is 0 Å². The maximum atomic E-state index is 16.8. The van der Waals surface area contributed by atoms with Crippen molar-refractivity contribution in [2.75, 3.05) is 18.4 Å². The van der Waals surface area contributed by atoms with Crippen LogP contribution in [-0.2, 0) is 6.54 Å². The topological polar surface area (TPSA) is 173 Å². The normalized spacial score (nSPS) is 12.9. The lowest BCUT2D eigenvalue weighted by Gasteiger charge is -2.14. The van der Waals surface area contributed by atoms with Gasteiger partial charge >= 0.3 is 0 Å². The molecule has 0 atom stereocenters. The number of pyridine rings is 2. The number of imidazole rings is 2. The highest BCUT2D eigenvalue weighted by Crippen LogP contribution is 2.42. The van der Waals surface area contributed by atoms with E-state index in [9.17, 15) is 9.18 Å². The summed E-state index contributed by atoms with van der Waals surface area (Å²) in [5.74, 6) is -0.00683. The number of aromatic amines is 4. The zero-order valence-corrected chi connectivity index (χ0v) is 41.1. The predicted octanol–water partition coefficient (Wildman–Crippen LogP) is 13.8. The quantitative estimate of drug-likeness (QED) is 0.0851. The summed E-state index contributed by atoms with van der Waals surface area (Å²) in [5, 5.41) is 20.6. The second-order valence-corrected chi connectivity index (χ2v) is 19.5. The number of aromatic nitrogens is 10.